The van der Waals surface area contributed by atoms with Gasteiger partial charge in [0.25, 0.3) is 10.0 Å². The first-order valence-electron chi connectivity index (χ1n) is 3.73. The molecule has 2 rings (SSSR count). The first-order chi connectivity index (χ1) is 6.65. The number of imidazole rings is 1. The van der Waals surface area contributed by atoms with E-state index in [0.717, 1.165) is 6.33 Å². The van der Waals surface area contributed by atoms with Crippen LogP contribution in [0.3, 0.4) is 0 Å². The minimum absolute atomic E-state index is 0.0949. The van der Waals surface area contributed by atoms with Crippen LogP contribution in [-0.4, -0.2) is 35.4 Å². The Morgan fingerprint density at radius 3 is 2.86 bits per heavy atom. The van der Waals surface area contributed by atoms with Crippen molar-refractivity contribution in [3.63, 3.8) is 0 Å². The van der Waals surface area contributed by atoms with Gasteiger partial charge in [-0.1, -0.05) is 0 Å². The van der Waals surface area contributed by atoms with Crippen LogP contribution in [0.5, 0.6) is 0 Å². The number of sulfonamides is 1. The SMILES string of the molecule is CNS(=O)(=O)c1ncnc2nc[nH]c12. The van der Waals surface area contributed by atoms with Gasteiger partial charge in [0.05, 0.1) is 6.33 Å². The third kappa shape index (κ3) is 1.24. The summed E-state index contributed by atoms with van der Waals surface area (Å²) in [6.07, 6.45) is 2.53. The van der Waals surface area contributed by atoms with Crippen LogP contribution in [0.4, 0.5) is 0 Å². The molecule has 8 heteroatoms. The highest BCUT2D eigenvalue weighted by Gasteiger charge is 2.18. The van der Waals surface area contributed by atoms with Gasteiger partial charge in [-0.3, -0.25) is 0 Å². The molecule has 0 aliphatic rings. The maximum Gasteiger partial charge on any atom is 0.260 e. The van der Waals surface area contributed by atoms with Crippen molar-refractivity contribution in [1.82, 2.24) is 24.7 Å². The number of aromatic amines is 1. The summed E-state index contributed by atoms with van der Waals surface area (Å²) in [6.45, 7) is 0. The first kappa shape index (κ1) is 9.03. The number of nitrogens with zero attached hydrogens (tertiary/aromatic N) is 3. The molecule has 2 N–H and O–H groups in total. The molecule has 0 aliphatic heterocycles. The van der Waals surface area contributed by atoms with Crippen LogP contribution in [-0.2, 0) is 10.0 Å². The molecule has 2 aromatic heterocycles. The Kier molecular flexibility index (Phi) is 1.93. The van der Waals surface area contributed by atoms with Gasteiger partial charge in [-0.2, -0.15) is 0 Å². The molecule has 0 saturated heterocycles. The highest BCUT2D eigenvalue weighted by atomic mass is 32.2. The van der Waals surface area contributed by atoms with E-state index in [1.165, 1.54) is 13.4 Å². The molecule has 0 atom stereocenters. The van der Waals surface area contributed by atoms with Crippen molar-refractivity contribution in [2.75, 3.05) is 7.05 Å². The molecule has 0 fully saturated rings. The van der Waals surface area contributed by atoms with E-state index in [1.54, 1.807) is 0 Å². The van der Waals surface area contributed by atoms with Crippen molar-refractivity contribution in [3.8, 4) is 0 Å². The largest absolute Gasteiger partial charge is 0.341 e. The lowest BCUT2D eigenvalue weighted by molar-refractivity contribution is 0.585. The Morgan fingerprint density at radius 2 is 2.14 bits per heavy atom. The van der Waals surface area contributed by atoms with Crippen molar-refractivity contribution in [3.05, 3.63) is 12.7 Å². The number of aromatic nitrogens is 4. The zero-order valence-corrected chi connectivity index (χ0v) is 8.04. The normalized spacial score (nSPS) is 12.1. The fraction of sp³-hybridized carbons (Fsp3) is 0.167. The minimum atomic E-state index is -3.57. The topological polar surface area (TPSA) is 101 Å². The Balaban J connectivity index is 2.81. The van der Waals surface area contributed by atoms with E-state index in [-0.39, 0.29) is 5.03 Å². The fourth-order valence-electron chi connectivity index (χ4n) is 1.04. The standard InChI is InChI=1S/C6H7N5O2S/c1-7-14(12,13)6-4-5(9-2-8-4)10-3-11-6/h2-3,7H,1H3,(H,8,9,10,11). The molecular formula is C6H7N5O2S. The molecule has 0 radical (unpaired) electrons. The summed E-state index contributed by atoms with van der Waals surface area (Å²) in [7, 11) is -2.25. The zero-order valence-electron chi connectivity index (χ0n) is 7.22. The summed E-state index contributed by atoms with van der Waals surface area (Å²) in [5.74, 6) is 0. The van der Waals surface area contributed by atoms with Crippen LogP contribution in [0, 0.1) is 0 Å². The van der Waals surface area contributed by atoms with E-state index in [1.807, 2.05) is 0 Å². The van der Waals surface area contributed by atoms with Crippen LogP contribution < -0.4 is 4.72 Å². The molecule has 0 aliphatic carbocycles. The molecule has 0 spiro atoms. The second kappa shape index (κ2) is 3.00. The lowest BCUT2D eigenvalue weighted by atomic mass is 10.6. The van der Waals surface area contributed by atoms with Gasteiger partial charge in [0.15, 0.2) is 10.7 Å². The maximum atomic E-state index is 11.5. The van der Waals surface area contributed by atoms with Crippen LogP contribution in [0.2, 0.25) is 0 Å². The van der Waals surface area contributed by atoms with E-state index in [4.69, 9.17) is 0 Å². The number of fused-ring (bicyclic) bond motifs is 1. The summed E-state index contributed by atoms with van der Waals surface area (Å²) in [4.78, 5) is 14.0. The number of H-pyrrole nitrogens is 1. The summed E-state index contributed by atoms with van der Waals surface area (Å²) in [5, 5.41) is -0.0949. The van der Waals surface area contributed by atoms with Gasteiger partial charge in [-0.15, -0.1) is 0 Å². The van der Waals surface area contributed by atoms with Crippen molar-refractivity contribution >= 4 is 21.2 Å². The second-order valence-electron chi connectivity index (χ2n) is 2.49. The number of rotatable bonds is 2. The summed E-state index contributed by atoms with van der Waals surface area (Å²) < 4.78 is 25.1. The molecule has 0 saturated carbocycles. The smallest absolute Gasteiger partial charge is 0.260 e. The van der Waals surface area contributed by atoms with Gasteiger partial charge >= 0.3 is 0 Å². The first-order valence-corrected chi connectivity index (χ1v) is 5.21. The number of hydrogen-bond acceptors (Lipinski definition) is 5. The molecule has 0 aromatic carbocycles. The highest BCUT2D eigenvalue weighted by molar-refractivity contribution is 7.89. The Hall–Kier alpha value is -1.54. The van der Waals surface area contributed by atoms with E-state index in [0.29, 0.717) is 11.2 Å². The average Bonchev–Trinajstić information content (AvgIpc) is 2.64. The molecule has 2 aromatic rings. The maximum absolute atomic E-state index is 11.5. The van der Waals surface area contributed by atoms with Crippen molar-refractivity contribution in [1.29, 1.82) is 0 Å². The molecule has 0 bridgehead atoms. The molecule has 14 heavy (non-hydrogen) atoms. The molecule has 0 unspecified atom stereocenters. The second-order valence-corrected chi connectivity index (χ2v) is 4.29. The summed E-state index contributed by atoms with van der Waals surface area (Å²) in [6, 6.07) is 0. The zero-order chi connectivity index (χ0) is 10.2. The predicted molar refractivity (Wildman–Crippen MR) is 47.9 cm³/mol. The lowest BCUT2D eigenvalue weighted by Crippen LogP contribution is -2.20. The Bertz CT molecular complexity index is 560. The Labute approximate surface area is 79.7 Å². The van der Waals surface area contributed by atoms with Crippen molar-refractivity contribution in [2.24, 2.45) is 0 Å². The van der Waals surface area contributed by atoms with Gasteiger partial charge in [-0.05, 0) is 7.05 Å². The summed E-state index contributed by atoms with van der Waals surface area (Å²) >= 11 is 0. The van der Waals surface area contributed by atoms with E-state index < -0.39 is 10.0 Å². The van der Waals surface area contributed by atoms with Gasteiger partial charge in [0.1, 0.15) is 11.8 Å². The van der Waals surface area contributed by atoms with Crippen LogP contribution in [0.15, 0.2) is 17.7 Å². The predicted octanol–water partition coefficient (Wildman–Crippen LogP) is -0.739. The minimum Gasteiger partial charge on any atom is -0.341 e. The number of hydrogen-bond donors (Lipinski definition) is 2. The third-order valence-electron chi connectivity index (χ3n) is 1.71. The van der Waals surface area contributed by atoms with Crippen molar-refractivity contribution in [2.45, 2.75) is 5.03 Å². The van der Waals surface area contributed by atoms with E-state index >= 15 is 0 Å². The molecule has 7 nitrogen and oxygen atoms in total. The van der Waals surface area contributed by atoms with Crippen LogP contribution in [0.25, 0.3) is 11.2 Å². The monoisotopic (exact) mass is 213 g/mol. The molecule has 0 amide bonds. The van der Waals surface area contributed by atoms with Gasteiger partial charge in [0.2, 0.25) is 0 Å². The average molecular weight is 213 g/mol. The van der Waals surface area contributed by atoms with Crippen LogP contribution in [0.1, 0.15) is 0 Å². The van der Waals surface area contributed by atoms with Gasteiger partial charge in [-0.25, -0.2) is 28.1 Å². The lowest BCUT2D eigenvalue weighted by Gasteiger charge is -2.00. The van der Waals surface area contributed by atoms with Crippen LogP contribution >= 0.6 is 0 Å². The van der Waals surface area contributed by atoms with Gasteiger partial charge < -0.3 is 4.98 Å². The fourth-order valence-corrected chi connectivity index (χ4v) is 1.84. The van der Waals surface area contributed by atoms with Crippen molar-refractivity contribution < 1.29 is 8.42 Å². The molecule has 74 valence electrons. The highest BCUT2D eigenvalue weighted by Crippen LogP contribution is 2.13. The van der Waals surface area contributed by atoms with E-state index in [2.05, 4.69) is 24.7 Å². The van der Waals surface area contributed by atoms with Gasteiger partial charge in [0, 0.05) is 0 Å². The Morgan fingerprint density at radius 1 is 1.36 bits per heavy atom. The molecular weight excluding hydrogens is 206 g/mol. The summed E-state index contributed by atoms with van der Waals surface area (Å²) in [5.41, 5.74) is 0.635. The van der Waals surface area contributed by atoms with E-state index in [9.17, 15) is 8.42 Å². The third-order valence-corrected chi connectivity index (χ3v) is 3.07. The number of nitrogens with one attached hydrogen (secondary N) is 2. The molecule has 2 heterocycles. The quantitative estimate of drug-likeness (QED) is 0.640.